The van der Waals surface area contributed by atoms with Gasteiger partial charge in [0.15, 0.2) is 0 Å². The van der Waals surface area contributed by atoms with E-state index >= 15 is 0 Å². The van der Waals surface area contributed by atoms with Gasteiger partial charge in [-0.1, -0.05) is 48.5 Å². The molecule has 0 radical (unpaired) electrons. The Kier molecular flexibility index (Phi) is 5.55. The van der Waals surface area contributed by atoms with Gasteiger partial charge in [-0.15, -0.1) is 0 Å². The van der Waals surface area contributed by atoms with Gasteiger partial charge in [-0.25, -0.2) is 0 Å². The van der Waals surface area contributed by atoms with Crippen LogP contribution in [-0.4, -0.2) is 29.9 Å². The molecule has 0 fully saturated rings. The number of hydrogen-bond acceptors (Lipinski definition) is 3. The highest BCUT2D eigenvalue weighted by Crippen LogP contribution is 2.29. The second-order valence-corrected chi connectivity index (χ2v) is 6.53. The number of aryl methyl sites for hydroxylation is 1. The summed E-state index contributed by atoms with van der Waals surface area (Å²) in [6.45, 7) is 3.87. The minimum absolute atomic E-state index is 0.0574. The zero-order valence-corrected chi connectivity index (χ0v) is 16.1. The number of carbonyl (C=O) groups is 1. The van der Waals surface area contributed by atoms with Crippen molar-refractivity contribution in [1.29, 1.82) is 0 Å². The van der Waals surface area contributed by atoms with Crippen LogP contribution in [0.1, 0.15) is 34.6 Å². The third kappa shape index (κ3) is 3.85. The Balaban J connectivity index is 1.87. The molecule has 0 spiro atoms. The van der Waals surface area contributed by atoms with Crippen molar-refractivity contribution in [3.63, 3.8) is 0 Å². The van der Waals surface area contributed by atoms with Crippen LogP contribution >= 0.6 is 0 Å². The number of aromatic nitrogens is 1. The number of ether oxygens (including phenoxy) is 1. The molecule has 0 N–H and O–H groups in total. The molecule has 1 aromatic heterocycles. The van der Waals surface area contributed by atoms with Crippen molar-refractivity contribution < 1.29 is 9.53 Å². The number of carbonyl (C=O) groups excluding carboxylic acids is 1. The zero-order chi connectivity index (χ0) is 19.4. The van der Waals surface area contributed by atoms with Crippen molar-refractivity contribution in [2.75, 3.05) is 14.2 Å². The molecule has 27 heavy (non-hydrogen) atoms. The first-order valence-electron chi connectivity index (χ1n) is 8.96. The second kappa shape index (κ2) is 8.04. The van der Waals surface area contributed by atoms with E-state index in [1.807, 2.05) is 87.6 Å². The molecule has 0 saturated carbocycles. The first kappa shape index (κ1) is 18.6. The van der Waals surface area contributed by atoms with E-state index in [-0.39, 0.29) is 11.9 Å². The van der Waals surface area contributed by atoms with Crippen molar-refractivity contribution in [2.24, 2.45) is 0 Å². The minimum Gasteiger partial charge on any atom is -0.496 e. The monoisotopic (exact) mass is 360 g/mol. The van der Waals surface area contributed by atoms with E-state index in [0.717, 1.165) is 28.3 Å². The van der Waals surface area contributed by atoms with Crippen LogP contribution in [0.2, 0.25) is 0 Å². The molecular weight excluding hydrogens is 336 g/mol. The number of para-hydroxylation sites is 1. The van der Waals surface area contributed by atoms with Gasteiger partial charge in [0.05, 0.1) is 30.1 Å². The molecule has 3 aromatic rings. The lowest BCUT2D eigenvalue weighted by Gasteiger charge is -2.27. The molecule has 138 valence electrons. The predicted molar refractivity (Wildman–Crippen MR) is 108 cm³/mol. The molecule has 2 aromatic carbocycles. The first-order chi connectivity index (χ1) is 13.0. The fourth-order valence-electron chi connectivity index (χ4n) is 3.14. The number of hydrogen-bond donors (Lipinski definition) is 0. The van der Waals surface area contributed by atoms with Crippen LogP contribution in [0.3, 0.4) is 0 Å². The molecule has 1 heterocycles. The number of pyridine rings is 1. The number of methoxy groups -OCH3 is 1. The molecular formula is C23H24N2O2. The Hall–Kier alpha value is -3.14. The summed E-state index contributed by atoms with van der Waals surface area (Å²) in [5, 5.41) is 0. The van der Waals surface area contributed by atoms with Crippen molar-refractivity contribution in [3.05, 3.63) is 83.6 Å². The number of benzene rings is 2. The Morgan fingerprint density at radius 2 is 1.67 bits per heavy atom. The number of rotatable bonds is 5. The molecule has 3 rings (SSSR count). The summed E-state index contributed by atoms with van der Waals surface area (Å²) >= 11 is 0. The highest BCUT2D eigenvalue weighted by atomic mass is 16.5. The SMILES string of the molecule is COc1ccccc1C(C)N(C)C(=O)c1ccc(-c2ccccc2)nc1C. The summed E-state index contributed by atoms with van der Waals surface area (Å²) in [5.41, 5.74) is 4.21. The van der Waals surface area contributed by atoms with Gasteiger partial charge in [0.1, 0.15) is 5.75 Å². The van der Waals surface area contributed by atoms with Gasteiger partial charge in [-0.05, 0) is 32.0 Å². The van der Waals surface area contributed by atoms with Gasteiger partial charge >= 0.3 is 0 Å². The van der Waals surface area contributed by atoms with Crippen molar-refractivity contribution >= 4 is 5.91 Å². The molecule has 1 amide bonds. The summed E-state index contributed by atoms with van der Waals surface area (Å²) in [5.74, 6) is 0.719. The van der Waals surface area contributed by atoms with Crippen LogP contribution in [0.4, 0.5) is 0 Å². The van der Waals surface area contributed by atoms with Gasteiger partial charge in [0.25, 0.3) is 5.91 Å². The smallest absolute Gasteiger partial charge is 0.255 e. The van der Waals surface area contributed by atoms with E-state index in [2.05, 4.69) is 4.98 Å². The van der Waals surface area contributed by atoms with Crippen molar-refractivity contribution in [2.45, 2.75) is 19.9 Å². The third-order valence-electron chi connectivity index (χ3n) is 4.88. The molecule has 4 heteroatoms. The first-order valence-corrected chi connectivity index (χ1v) is 8.96. The summed E-state index contributed by atoms with van der Waals surface area (Å²) in [6, 6.07) is 21.4. The maximum absolute atomic E-state index is 13.1. The lowest BCUT2D eigenvalue weighted by Crippen LogP contribution is -2.30. The molecule has 4 nitrogen and oxygen atoms in total. The molecule has 0 aliphatic heterocycles. The molecule has 0 aliphatic carbocycles. The fourth-order valence-corrected chi connectivity index (χ4v) is 3.14. The summed E-state index contributed by atoms with van der Waals surface area (Å²) in [6.07, 6.45) is 0. The number of nitrogens with zero attached hydrogens (tertiary/aromatic N) is 2. The molecule has 0 saturated heterocycles. The number of amides is 1. The van der Waals surface area contributed by atoms with Crippen LogP contribution in [0.25, 0.3) is 11.3 Å². The largest absolute Gasteiger partial charge is 0.496 e. The highest BCUT2D eigenvalue weighted by molar-refractivity contribution is 5.95. The van der Waals surface area contributed by atoms with Gasteiger partial charge < -0.3 is 9.64 Å². The second-order valence-electron chi connectivity index (χ2n) is 6.53. The lowest BCUT2D eigenvalue weighted by molar-refractivity contribution is 0.0740. The highest BCUT2D eigenvalue weighted by Gasteiger charge is 2.23. The molecule has 0 bridgehead atoms. The molecule has 0 aliphatic rings. The van der Waals surface area contributed by atoms with Crippen LogP contribution in [0.15, 0.2) is 66.7 Å². The van der Waals surface area contributed by atoms with E-state index in [4.69, 9.17) is 4.74 Å². The van der Waals surface area contributed by atoms with Crippen LogP contribution in [-0.2, 0) is 0 Å². The maximum atomic E-state index is 13.1. The van der Waals surface area contributed by atoms with Crippen LogP contribution in [0, 0.1) is 6.92 Å². The quantitative estimate of drug-likeness (QED) is 0.650. The summed E-state index contributed by atoms with van der Waals surface area (Å²) in [7, 11) is 3.45. The van der Waals surface area contributed by atoms with Crippen LogP contribution in [0.5, 0.6) is 5.75 Å². The summed E-state index contributed by atoms with van der Waals surface area (Å²) < 4.78 is 5.44. The van der Waals surface area contributed by atoms with Gasteiger partial charge in [-0.2, -0.15) is 0 Å². The van der Waals surface area contributed by atoms with E-state index in [1.54, 1.807) is 12.0 Å². The molecule has 1 atom stereocenters. The van der Waals surface area contributed by atoms with E-state index < -0.39 is 0 Å². The average Bonchev–Trinajstić information content (AvgIpc) is 2.72. The normalized spacial score (nSPS) is 11.7. The molecule has 1 unspecified atom stereocenters. The Morgan fingerprint density at radius 3 is 2.33 bits per heavy atom. The Bertz CT molecular complexity index is 938. The van der Waals surface area contributed by atoms with Gasteiger partial charge in [0, 0.05) is 18.2 Å². The van der Waals surface area contributed by atoms with Gasteiger partial charge in [0.2, 0.25) is 0 Å². The van der Waals surface area contributed by atoms with Crippen LogP contribution < -0.4 is 4.74 Å². The topological polar surface area (TPSA) is 42.4 Å². The lowest BCUT2D eigenvalue weighted by atomic mass is 10.0. The average molecular weight is 360 g/mol. The fraction of sp³-hybridized carbons (Fsp3) is 0.217. The maximum Gasteiger partial charge on any atom is 0.255 e. The van der Waals surface area contributed by atoms with Crippen molar-refractivity contribution in [1.82, 2.24) is 9.88 Å². The predicted octanol–water partition coefficient (Wildman–Crippen LogP) is 4.90. The van der Waals surface area contributed by atoms with Crippen molar-refractivity contribution in [3.8, 4) is 17.0 Å². The van der Waals surface area contributed by atoms with Gasteiger partial charge in [-0.3, -0.25) is 9.78 Å². The Morgan fingerprint density at radius 1 is 1.00 bits per heavy atom. The summed E-state index contributed by atoms with van der Waals surface area (Å²) in [4.78, 5) is 19.4. The third-order valence-corrected chi connectivity index (χ3v) is 4.88. The van der Waals surface area contributed by atoms with E-state index in [9.17, 15) is 4.79 Å². The standard InChI is InChI=1S/C23H24N2O2/c1-16-19(14-15-21(24-16)18-10-6-5-7-11-18)23(26)25(3)17(2)20-12-8-9-13-22(20)27-4/h5-15,17H,1-4H3. The Labute approximate surface area is 160 Å². The minimum atomic E-state index is -0.123. The zero-order valence-electron chi connectivity index (χ0n) is 16.1. The van der Waals surface area contributed by atoms with E-state index in [1.165, 1.54) is 0 Å². The van der Waals surface area contributed by atoms with E-state index in [0.29, 0.717) is 5.56 Å².